The van der Waals surface area contributed by atoms with Crippen LogP contribution in [0.4, 0.5) is 13.2 Å². The number of methoxy groups -OCH3 is 1. The van der Waals surface area contributed by atoms with Gasteiger partial charge in [0.15, 0.2) is 0 Å². The maximum atomic E-state index is 13.1. The van der Waals surface area contributed by atoms with Gasteiger partial charge in [-0.05, 0) is 52.2 Å². The summed E-state index contributed by atoms with van der Waals surface area (Å²) in [6, 6.07) is 14.9. The van der Waals surface area contributed by atoms with Crippen LogP contribution >= 0.6 is 12.4 Å². The molecule has 164 valence electrons. The number of hydrogen-bond donors (Lipinski definition) is 1. The van der Waals surface area contributed by atoms with Gasteiger partial charge in [0, 0.05) is 13.7 Å². The van der Waals surface area contributed by atoms with Crippen LogP contribution < -0.4 is 10.1 Å². The summed E-state index contributed by atoms with van der Waals surface area (Å²) in [5, 5.41) is 5.08. The highest BCUT2D eigenvalue weighted by atomic mass is 35.5. The van der Waals surface area contributed by atoms with E-state index in [0.717, 1.165) is 34.8 Å². The summed E-state index contributed by atoms with van der Waals surface area (Å²) >= 11 is 0. The molecule has 0 saturated heterocycles. The molecule has 4 nitrogen and oxygen atoms in total. The lowest BCUT2D eigenvalue weighted by molar-refractivity contribution is -0.137. The number of nitrogens with one attached hydrogen (secondary N) is 1. The summed E-state index contributed by atoms with van der Waals surface area (Å²) in [4.78, 5) is 4.49. The second-order valence-electron chi connectivity index (χ2n) is 6.99. The van der Waals surface area contributed by atoms with Crippen molar-refractivity contribution in [1.82, 2.24) is 5.32 Å². The van der Waals surface area contributed by atoms with E-state index in [1.54, 1.807) is 13.2 Å². The van der Waals surface area contributed by atoms with Crippen LogP contribution in [0, 0.1) is 0 Å². The molecule has 0 saturated carbocycles. The second kappa shape index (κ2) is 9.58. The number of halogens is 4. The molecule has 0 atom stereocenters. The van der Waals surface area contributed by atoms with Crippen LogP contribution in [0.15, 0.2) is 59.6 Å². The first kappa shape index (κ1) is 22.9. The summed E-state index contributed by atoms with van der Waals surface area (Å²) in [6.07, 6.45) is -4.37. The minimum absolute atomic E-state index is 0. The summed E-state index contributed by atoms with van der Waals surface area (Å²) in [6.45, 7) is 2.32. The Bertz CT molecular complexity index is 1100. The molecule has 0 amide bonds. The van der Waals surface area contributed by atoms with Crippen molar-refractivity contribution >= 4 is 29.0 Å². The zero-order valence-corrected chi connectivity index (χ0v) is 17.6. The number of rotatable bonds is 6. The average Bonchev–Trinajstić information content (AvgIpc) is 3.27. The van der Waals surface area contributed by atoms with Crippen molar-refractivity contribution in [3.05, 3.63) is 65.7 Å². The summed E-state index contributed by atoms with van der Waals surface area (Å²) in [5.41, 5.74) is 1.41. The maximum absolute atomic E-state index is 13.1. The molecule has 1 aliphatic rings. The van der Waals surface area contributed by atoms with Gasteiger partial charge < -0.3 is 14.8 Å². The first-order chi connectivity index (χ1) is 14.5. The van der Waals surface area contributed by atoms with Crippen LogP contribution in [0.25, 0.3) is 21.9 Å². The molecule has 8 heteroatoms. The van der Waals surface area contributed by atoms with Crippen LogP contribution in [-0.4, -0.2) is 39.2 Å². The third kappa shape index (κ3) is 5.11. The smallest absolute Gasteiger partial charge is 0.416 e. The number of benzene rings is 3. The molecular formula is C23H22ClF3N2O2. The average molecular weight is 451 g/mol. The van der Waals surface area contributed by atoms with Crippen molar-refractivity contribution in [2.75, 3.05) is 33.4 Å². The second-order valence-corrected chi connectivity index (χ2v) is 6.99. The Morgan fingerprint density at radius 2 is 1.77 bits per heavy atom. The fourth-order valence-corrected chi connectivity index (χ4v) is 3.45. The van der Waals surface area contributed by atoms with E-state index in [1.165, 1.54) is 12.1 Å². The summed E-state index contributed by atoms with van der Waals surface area (Å²) in [7, 11) is 1.61. The minimum Gasteiger partial charge on any atom is -0.490 e. The van der Waals surface area contributed by atoms with Gasteiger partial charge in [-0.3, -0.25) is 4.99 Å². The van der Waals surface area contributed by atoms with Crippen molar-refractivity contribution < 1.29 is 22.6 Å². The normalized spacial score (nSPS) is 13.5. The van der Waals surface area contributed by atoms with Crippen LogP contribution in [-0.2, 0) is 10.9 Å². The minimum atomic E-state index is -4.37. The molecule has 0 aromatic heterocycles. The molecule has 4 rings (SSSR count). The highest BCUT2D eigenvalue weighted by Crippen LogP contribution is 2.34. The SMILES string of the molecule is COCCOc1cc2ccc(-c3cccc(C(F)(F)F)c3)cc2cc1C1=NCCN1.Cl. The third-order valence-corrected chi connectivity index (χ3v) is 4.94. The number of hydrogen-bond acceptors (Lipinski definition) is 4. The molecule has 3 aromatic rings. The number of aliphatic imine (C=N–C) groups is 1. The van der Waals surface area contributed by atoms with E-state index in [-0.39, 0.29) is 12.4 Å². The van der Waals surface area contributed by atoms with E-state index >= 15 is 0 Å². The predicted molar refractivity (Wildman–Crippen MR) is 118 cm³/mol. The lowest BCUT2D eigenvalue weighted by Gasteiger charge is -2.14. The fraction of sp³-hybridized carbons (Fsp3) is 0.261. The standard InChI is InChI=1S/C23H21F3N2O2.ClH/c1-29-9-10-30-21-14-17-6-5-16(15-3-2-4-19(12-15)23(24,25)26)11-18(17)13-20(21)22-27-7-8-28-22;/h2-6,11-14H,7-10H2,1H3,(H,27,28);1H. The lowest BCUT2D eigenvalue weighted by Crippen LogP contribution is -2.20. The molecule has 1 N–H and O–H groups in total. The van der Waals surface area contributed by atoms with Crippen molar-refractivity contribution in [2.45, 2.75) is 6.18 Å². The van der Waals surface area contributed by atoms with Gasteiger partial charge in [-0.15, -0.1) is 12.4 Å². The van der Waals surface area contributed by atoms with E-state index in [2.05, 4.69) is 10.3 Å². The topological polar surface area (TPSA) is 42.9 Å². The van der Waals surface area contributed by atoms with Gasteiger partial charge in [-0.1, -0.05) is 24.3 Å². The number of fused-ring (bicyclic) bond motifs is 1. The van der Waals surface area contributed by atoms with Crippen LogP contribution in [0.1, 0.15) is 11.1 Å². The van der Waals surface area contributed by atoms with Crippen molar-refractivity contribution in [2.24, 2.45) is 4.99 Å². The van der Waals surface area contributed by atoms with Gasteiger partial charge in [0.25, 0.3) is 0 Å². The van der Waals surface area contributed by atoms with Crippen molar-refractivity contribution in [3.63, 3.8) is 0 Å². The molecule has 0 radical (unpaired) electrons. The summed E-state index contributed by atoms with van der Waals surface area (Å²) < 4.78 is 50.2. The van der Waals surface area contributed by atoms with E-state index < -0.39 is 11.7 Å². The molecule has 0 fully saturated rings. The van der Waals surface area contributed by atoms with E-state index in [1.807, 2.05) is 30.3 Å². The van der Waals surface area contributed by atoms with Gasteiger partial charge in [-0.2, -0.15) is 13.2 Å². The quantitative estimate of drug-likeness (QED) is 0.517. The Labute approximate surface area is 184 Å². The predicted octanol–water partition coefficient (Wildman–Crippen LogP) is 5.32. The molecule has 1 aliphatic heterocycles. The molecular weight excluding hydrogens is 429 g/mol. The van der Waals surface area contributed by atoms with E-state index in [9.17, 15) is 13.2 Å². The largest absolute Gasteiger partial charge is 0.490 e. The Kier molecular flexibility index (Phi) is 7.08. The Morgan fingerprint density at radius 1 is 0.968 bits per heavy atom. The van der Waals surface area contributed by atoms with Crippen molar-refractivity contribution in [1.29, 1.82) is 0 Å². The lowest BCUT2D eigenvalue weighted by atomic mass is 9.98. The van der Waals surface area contributed by atoms with Gasteiger partial charge in [-0.25, -0.2) is 0 Å². The van der Waals surface area contributed by atoms with Crippen LogP contribution in [0.3, 0.4) is 0 Å². The molecule has 3 aromatic carbocycles. The highest BCUT2D eigenvalue weighted by molar-refractivity contribution is 6.06. The van der Waals surface area contributed by atoms with E-state index in [4.69, 9.17) is 9.47 Å². The molecule has 0 spiro atoms. The molecule has 0 unspecified atom stereocenters. The highest BCUT2D eigenvalue weighted by Gasteiger charge is 2.30. The zero-order valence-electron chi connectivity index (χ0n) is 16.8. The third-order valence-electron chi connectivity index (χ3n) is 4.94. The van der Waals surface area contributed by atoms with Gasteiger partial charge in [0.05, 0.1) is 24.3 Å². The first-order valence-corrected chi connectivity index (χ1v) is 9.61. The number of amidine groups is 1. The Hall–Kier alpha value is -2.77. The maximum Gasteiger partial charge on any atom is 0.416 e. The van der Waals surface area contributed by atoms with Gasteiger partial charge in [0.2, 0.25) is 0 Å². The zero-order chi connectivity index (χ0) is 21.1. The monoisotopic (exact) mass is 450 g/mol. The molecule has 31 heavy (non-hydrogen) atoms. The van der Waals surface area contributed by atoms with E-state index in [0.29, 0.717) is 36.6 Å². The Morgan fingerprint density at radius 3 is 2.48 bits per heavy atom. The van der Waals surface area contributed by atoms with Gasteiger partial charge >= 0.3 is 6.18 Å². The molecule has 1 heterocycles. The molecule has 0 bridgehead atoms. The number of alkyl halides is 3. The first-order valence-electron chi connectivity index (χ1n) is 9.61. The number of ether oxygens (including phenoxy) is 2. The fourth-order valence-electron chi connectivity index (χ4n) is 3.45. The van der Waals surface area contributed by atoms with Crippen molar-refractivity contribution in [3.8, 4) is 16.9 Å². The number of nitrogens with zero attached hydrogens (tertiary/aromatic N) is 1. The van der Waals surface area contributed by atoms with Gasteiger partial charge in [0.1, 0.15) is 18.2 Å². The Balaban J connectivity index is 0.00000272. The molecule has 0 aliphatic carbocycles. The van der Waals surface area contributed by atoms with Crippen LogP contribution in [0.2, 0.25) is 0 Å². The summed E-state index contributed by atoms with van der Waals surface area (Å²) in [5.74, 6) is 1.45. The van der Waals surface area contributed by atoms with Crippen LogP contribution in [0.5, 0.6) is 5.75 Å².